The standard InChI is InChI=1S/C20H32N2O2/c1-4-16-7-6-8-17(5-2)20(16)21-19(24)13-22(3)18-11-9-15(14-23)10-12-18/h6-8,15,18,23H,4-5,9-14H2,1-3H3,(H,21,24). The molecule has 0 spiro atoms. The molecule has 0 aromatic heterocycles. The van der Waals surface area contributed by atoms with Crippen molar-refractivity contribution in [1.82, 2.24) is 4.90 Å². The van der Waals surface area contributed by atoms with Crippen molar-refractivity contribution in [2.75, 3.05) is 25.5 Å². The number of carbonyl (C=O) groups excluding carboxylic acids is 1. The topological polar surface area (TPSA) is 52.6 Å². The fraction of sp³-hybridized carbons (Fsp3) is 0.650. The van der Waals surface area contributed by atoms with Crippen LogP contribution in [0.3, 0.4) is 0 Å². The molecule has 0 aliphatic heterocycles. The molecule has 1 aliphatic rings. The first-order chi connectivity index (χ1) is 11.6. The van der Waals surface area contributed by atoms with Crippen LogP contribution in [0, 0.1) is 5.92 Å². The Labute approximate surface area is 146 Å². The largest absolute Gasteiger partial charge is 0.396 e. The lowest BCUT2D eigenvalue weighted by atomic mass is 9.86. The van der Waals surface area contributed by atoms with Gasteiger partial charge in [0.25, 0.3) is 0 Å². The second kappa shape index (κ2) is 9.19. The molecule has 0 saturated heterocycles. The number of hydrogen-bond acceptors (Lipinski definition) is 3. The molecule has 4 nitrogen and oxygen atoms in total. The van der Waals surface area contributed by atoms with Gasteiger partial charge < -0.3 is 10.4 Å². The van der Waals surface area contributed by atoms with E-state index in [1.807, 2.05) is 7.05 Å². The third-order valence-corrected chi connectivity index (χ3v) is 5.35. The molecule has 0 atom stereocenters. The highest BCUT2D eigenvalue weighted by Gasteiger charge is 2.24. The quantitative estimate of drug-likeness (QED) is 0.806. The van der Waals surface area contributed by atoms with Gasteiger partial charge in [-0.3, -0.25) is 9.69 Å². The molecule has 1 aromatic rings. The van der Waals surface area contributed by atoms with Crippen LogP contribution in [0.15, 0.2) is 18.2 Å². The minimum absolute atomic E-state index is 0.0670. The fourth-order valence-corrected chi connectivity index (χ4v) is 3.71. The fourth-order valence-electron chi connectivity index (χ4n) is 3.71. The Morgan fingerprint density at radius 2 is 1.75 bits per heavy atom. The summed E-state index contributed by atoms with van der Waals surface area (Å²) in [7, 11) is 2.04. The molecular formula is C20H32N2O2. The second-order valence-corrected chi connectivity index (χ2v) is 6.98. The second-order valence-electron chi connectivity index (χ2n) is 6.98. The third-order valence-electron chi connectivity index (χ3n) is 5.35. The number of amides is 1. The van der Waals surface area contributed by atoms with Gasteiger partial charge in [-0.1, -0.05) is 32.0 Å². The van der Waals surface area contributed by atoms with E-state index in [9.17, 15) is 9.90 Å². The Balaban J connectivity index is 1.94. The van der Waals surface area contributed by atoms with Crippen molar-refractivity contribution in [1.29, 1.82) is 0 Å². The van der Waals surface area contributed by atoms with Gasteiger partial charge in [-0.25, -0.2) is 0 Å². The molecule has 134 valence electrons. The van der Waals surface area contributed by atoms with E-state index in [2.05, 4.69) is 42.3 Å². The number of rotatable bonds is 7. The Hall–Kier alpha value is -1.39. The number of nitrogens with one attached hydrogen (secondary N) is 1. The smallest absolute Gasteiger partial charge is 0.238 e. The third kappa shape index (κ3) is 4.81. The van der Waals surface area contributed by atoms with E-state index in [0.29, 0.717) is 25.1 Å². The summed E-state index contributed by atoms with van der Waals surface area (Å²) in [4.78, 5) is 14.7. The Kier molecular flexibility index (Phi) is 7.25. The maximum atomic E-state index is 12.5. The number of nitrogens with zero attached hydrogens (tertiary/aromatic N) is 1. The van der Waals surface area contributed by atoms with E-state index < -0.39 is 0 Å². The molecular weight excluding hydrogens is 300 g/mol. The van der Waals surface area contributed by atoms with Crippen molar-refractivity contribution in [2.24, 2.45) is 5.92 Å². The average Bonchev–Trinajstić information content (AvgIpc) is 2.61. The molecule has 24 heavy (non-hydrogen) atoms. The highest BCUT2D eigenvalue weighted by atomic mass is 16.3. The first-order valence-corrected chi connectivity index (χ1v) is 9.30. The molecule has 1 saturated carbocycles. The number of benzene rings is 1. The number of aryl methyl sites for hydroxylation is 2. The van der Waals surface area contributed by atoms with Crippen LogP contribution in [0.1, 0.15) is 50.7 Å². The Morgan fingerprint density at radius 3 is 2.25 bits per heavy atom. The van der Waals surface area contributed by atoms with Crippen molar-refractivity contribution in [3.63, 3.8) is 0 Å². The monoisotopic (exact) mass is 332 g/mol. The molecule has 1 aliphatic carbocycles. The van der Waals surface area contributed by atoms with Crippen molar-refractivity contribution in [3.8, 4) is 0 Å². The number of carbonyl (C=O) groups is 1. The summed E-state index contributed by atoms with van der Waals surface area (Å²) in [6, 6.07) is 6.70. The number of aliphatic hydroxyl groups excluding tert-OH is 1. The predicted octanol–water partition coefficient (Wildman–Crippen LogP) is 3.23. The van der Waals surface area contributed by atoms with Crippen molar-refractivity contribution in [2.45, 2.75) is 58.4 Å². The van der Waals surface area contributed by atoms with Crippen LogP contribution >= 0.6 is 0 Å². The van der Waals surface area contributed by atoms with Crippen LogP contribution < -0.4 is 5.32 Å². The zero-order valence-corrected chi connectivity index (χ0v) is 15.3. The van der Waals surface area contributed by atoms with E-state index in [4.69, 9.17) is 0 Å². The molecule has 2 rings (SSSR count). The maximum Gasteiger partial charge on any atom is 0.238 e. The highest BCUT2D eigenvalue weighted by molar-refractivity contribution is 5.93. The molecule has 1 fully saturated rings. The molecule has 1 aromatic carbocycles. The Morgan fingerprint density at radius 1 is 1.17 bits per heavy atom. The number of hydrogen-bond donors (Lipinski definition) is 2. The van der Waals surface area contributed by atoms with Crippen LogP contribution in [0.25, 0.3) is 0 Å². The van der Waals surface area contributed by atoms with Gasteiger partial charge in [0.05, 0.1) is 6.54 Å². The van der Waals surface area contributed by atoms with E-state index in [0.717, 1.165) is 44.2 Å². The van der Waals surface area contributed by atoms with Gasteiger partial charge >= 0.3 is 0 Å². The summed E-state index contributed by atoms with van der Waals surface area (Å²) < 4.78 is 0. The first kappa shape index (κ1) is 18.9. The van der Waals surface area contributed by atoms with Crippen molar-refractivity contribution >= 4 is 11.6 Å². The van der Waals surface area contributed by atoms with Crippen LogP contribution in [-0.4, -0.2) is 42.2 Å². The van der Waals surface area contributed by atoms with Crippen molar-refractivity contribution in [3.05, 3.63) is 29.3 Å². The highest BCUT2D eigenvalue weighted by Crippen LogP contribution is 2.27. The molecule has 0 bridgehead atoms. The molecule has 1 amide bonds. The summed E-state index contributed by atoms with van der Waals surface area (Å²) in [5.41, 5.74) is 3.41. The minimum Gasteiger partial charge on any atom is -0.396 e. The van der Waals surface area contributed by atoms with E-state index in [-0.39, 0.29) is 5.91 Å². The van der Waals surface area contributed by atoms with Crippen LogP contribution in [-0.2, 0) is 17.6 Å². The molecule has 4 heteroatoms. The summed E-state index contributed by atoms with van der Waals surface area (Å²) >= 11 is 0. The lowest BCUT2D eigenvalue weighted by molar-refractivity contribution is -0.117. The Bertz CT molecular complexity index is 514. The number of likely N-dealkylation sites (N-methyl/N-ethyl adjacent to an activating group) is 1. The summed E-state index contributed by atoms with van der Waals surface area (Å²) in [6.07, 6.45) is 6.11. The summed E-state index contributed by atoms with van der Waals surface area (Å²) in [6.45, 7) is 4.96. The first-order valence-electron chi connectivity index (χ1n) is 9.30. The van der Waals surface area contributed by atoms with E-state index in [1.165, 1.54) is 11.1 Å². The van der Waals surface area contributed by atoms with Crippen LogP contribution in [0.2, 0.25) is 0 Å². The van der Waals surface area contributed by atoms with Gasteiger partial charge in [0.1, 0.15) is 0 Å². The van der Waals surface area contributed by atoms with Crippen LogP contribution in [0.5, 0.6) is 0 Å². The maximum absolute atomic E-state index is 12.5. The zero-order valence-electron chi connectivity index (χ0n) is 15.3. The van der Waals surface area contributed by atoms with Gasteiger partial charge in [0.2, 0.25) is 5.91 Å². The summed E-state index contributed by atoms with van der Waals surface area (Å²) in [5, 5.41) is 12.4. The lowest BCUT2D eigenvalue weighted by Gasteiger charge is -2.33. The van der Waals surface area contributed by atoms with Crippen LogP contribution in [0.4, 0.5) is 5.69 Å². The van der Waals surface area contributed by atoms with E-state index in [1.54, 1.807) is 0 Å². The van der Waals surface area contributed by atoms with Gasteiger partial charge in [-0.05, 0) is 62.6 Å². The minimum atomic E-state index is 0.0670. The van der Waals surface area contributed by atoms with Crippen molar-refractivity contribution < 1.29 is 9.90 Å². The molecule has 0 heterocycles. The number of aliphatic hydroxyl groups is 1. The number of anilines is 1. The van der Waals surface area contributed by atoms with Gasteiger partial charge in [-0.15, -0.1) is 0 Å². The zero-order chi connectivity index (χ0) is 17.5. The number of para-hydroxylation sites is 1. The average molecular weight is 332 g/mol. The lowest BCUT2D eigenvalue weighted by Crippen LogP contribution is -2.40. The SMILES string of the molecule is CCc1cccc(CC)c1NC(=O)CN(C)C1CCC(CO)CC1. The predicted molar refractivity (Wildman–Crippen MR) is 99.3 cm³/mol. The molecule has 0 radical (unpaired) electrons. The van der Waals surface area contributed by atoms with Gasteiger partial charge in [-0.2, -0.15) is 0 Å². The van der Waals surface area contributed by atoms with Gasteiger partial charge in [0, 0.05) is 18.3 Å². The summed E-state index contributed by atoms with van der Waals surface area (Å²) in [5.74, 6) is 0.518. The molecule has 0 unspecified atom stereocenters. The van der Waals surface area contributed by atoms with E-state index >= 15 is 0 Å². The van der Waals surface area contributed by atoms with Gasteiger partial charge in [0.15, 0.2) is 0 Å². The normalized spacial score (nSPS) is 21.0. The molecule has 2 N–H and O–H groups in total.